The lowest BCUT2D eigenvalue weighted by Gasteiger charge is -2.22. The Morgan fingerprint density at radius 1 is 1.03 bits per heavy atom. The van der Waals surface area contributed by atoms with Crippen molar-refractivity contribution in [2.24, 2.45) is 0 Å². The predicted molar refractivity (Wildman–Crippen MR) is 103 cm³/mol. The lowest BCUT2D eigenvalue weighted by molar-refractivity contribution is -0.901. The van der Waals surface area contributed by atoms with Crippen molar-refractivity contribution in [3.8, 4) is 17.2 Å². The fourth-order valence-electron chi connectivity index (χ4n) is 2.90. The lowest BCUT2D eigenvalue weighted by Crippen LogP contribution is -3.13. The average molecular weight is 441 g/mol. The molecule has 0 radical (unpaired) electrons. The average Bonchev–Trinajstić information content (AvgIpc) is 2.76. The summed E-state index contributed by atoms with van der Waals surface area (Å²) >= 11 is 0. The van der Waals surface area contributed by atoms with Gasteiger partial charge in [0.25, 0.3) is 0 Å². The van der Waals surface area contributed by atoms with E-state index in [2.05, 4.69) is 0 Å². The molecule has 0 unspecified atom stereocenters. The topological polar surface area (TPSA) is 153 Å². The third-order valence-electron chi connectivity index (χ3n) is 4.50. The molecule has 172 valence electrons. The van der Waals surface area contributed by atoms with Gasteiger partial charge in [-0.2, -0.15) is 0 Å². The van der Waals surface area contributed by atoms with Crippen LogP contribution in [0.25, 0.3) is 0 Å². The summed E-state index contributed by atoms with van der Waals surface area (Å²) < 4.78 is 21.1. The Balaban J connectivity index is 0.000000703. The molecule has 0 aromatic heterocycles. The van der Waals surface area contributed by atoms with Gasteiger partial charge in [-0.25, -0.2) is 9.59 Å². The molecule has 0 amide bonds. The maximum absolute atomic E-state index is 12.2. The van der Waals surface area contributed by atoms with E-state index in [1.165, 1.54) is 26.2 Å². The molecule has 0 saturated carbocycles. The van der Waals surface area contributed by atoms with Crippen molar-refractivity contribution in [3.05, 3.63) is 17.7 Å². The number of carboxylic acid groups (broad SMARTS) is 2. The molecule has 2 rings (SSSR count). The molecule has 11 heteroatoms. The van der Waals surface area contributed by atoms with Crippen LogP contribution in [0, 0.1) is 0 Å². The minimum Gasteiger partial charge on any atom is -0.539 e. The SMILES string of the molecule is COc1cc(C(=O)OCCC[NH+]2CCC(=O)CC2)cc(OC)c1OC.O=C([O-])C(=O)O. The lowest BCUT2D eigenvalue weighted by atomic mass is 10.1. The van der Waals surface area contributed by atoms with Gasteiger partial charge in [-0.1, -0.05) is 0 Å². The number of aliphatic carboxylic acids is 2. The van der Waals surface area contributed by atoms with Crippen LogP contribution in [0.5, 0.6) is 17.2 Å². The Kier molecular flexibility index (Phi) is 10.8. The van der Waals surface area contributed by atoms with Gasteiger partial charge in [-0.3, -0.25) is 4.79 Å². The molecular weight excluding hydrogens is 414 g/mol. The van der Waals surface area contributed by atoms with Crippen LogP contribution in [-0.2, 0) is 19.1 Å². The van der Waals surface area contributed by atoms with Crippen molar-refractivity contribution in [1.29, 1.82) is 0 Å². The highest BCUT2D eigenvalue weighted by atomic mass is 16.5. The third-order valence-corrected chi connectivity index (χ3v) is 4.50. The molecule has 1 fully saturated rings. The van der Waals surface area contributed by atoms with E-state index in [1.807, 2.05) is 0 Å². The third kappa shape index (κ3) is 8.51. The summed E-state index contributed by atoms with van der Waals surface area (Å²) in [6.07, 6.45) is 2.07. The number of carbonyl (C=O) groups is 4. The summed E-state index contributed by atoms with van der Waals surface area (Å²) in [4.78, 5) is 42.9. The van der Waals surface area contributed by atoms with Crippen LogP contribution in [-0.4, -0.2) is 76.4 Å². The zero-order chi connectivity index (χ0) is 23.4. The van der Waals surface area contributed by atoms with Crippen molar-refractivity contribution in [2.75, 3.05) is 47.6 Å². The van der Waals surface area contributed by atoms with Crippen LogP contribution in [0.4, 0.5) is 0 Å². The number of carbonyl (C=O) groups excluding carboxylic acids is 3. The Morgan fingerprint density at radius 3 is 1.97 bits per heavy atom. The summed E-state index contributed by atoms with van der Waals surface area (Å²) in [5.74, 6) is -2.83. The molecule has 1 aliphatic rings. The summed E-state index contributed by atoms with van der Waals surface area (Å²) in [6.45, 7) is 2.99. The molecule has 31 heavy (non-hydrogen) atoms. The quantitative estimate of drug-likeness (QED) is 0.272. The maximum atomic E-state index is 12.2. The number of ketones is 1. The van der Waals surface area contributed by atoms with Crippen LogP contribution >= 0.6 is 0 Å². The number of carboxylic acids is 2. The van der Waals surface area contributed by atoms with Crippen molar-refractivity contribution in [2.45, 2.75) is 19.3 Å². The highest BCUT2D eigenvalue weighted by molar-refractivity contribution is 6.26. The van der Waals surface area contributed by atoms with E-state index in [-0.39, 0.29) is 0 Å². The van der Waals surface area contributed by atoms with Crippen LogP contribution in [0.1, 0.15) is 29.6 Å². The highest BCUT2D eigenvalue weighted by Gasteiger charge is 2.20. The number of hydrogen-bond acceptors (Lipinski definition) is 9. The van der Waals surface area contributed by atoms with Gasteiger partial charge >= 0.3 is 11.9 Å². The number of hydrogen-bond donors (Lipinski definition) is 2. The van der Waals surface area contributed by atoms with Gasteiger partial charge in [-0.15, -0.1) is 0 Å². The number of ether oxygens (including phenoxy) is 4. The minimum absolute atomic E-state index is 0.340. The van der Waals surface area contributed by atoms with Crippen LogP contribution < -0.4 is 24.2 Å². The Labute approximate surface area is 179 Å². The van der Waals surface area contributed by atoms with Crippen molar-refractivity contribution >= 4 is 23.7 Å². The zero-order valence-corrected chi connectivity index (χ0v) is 17.7. The first-order valence-corrected chi connectivity index (χ1v) is 9.50. The fraction of sp³-hybridized carbons (Fsp3) is 0.500. The molecule has 2 N–H and O–H groups in total. The molecule has 1 heterocycles. The summed E-state index contributed by atoms with van der Waals surface area (Å²) in [7, 11) is 4.51. The fourth-order valence-corrected chi connectivity index (χ4v) is 2.90. The van der Waals surface area contributed by atoms with E-state index in [0.717, 1.165) is 26.1 Å². The Bertz CT molecular complexity index is 745. The normalized spacial score (nSPS) is 13.5. The molecule has 0 bridgehead atoms. The van der Waals surface area contributed by atoms with Crippen molar-refractivity contribution in [3.63, 3.8) is 0 Å². The number of esters is 1. The summed E-state index contributed by atoms with van der Waals surface area (Å²) in [6, 6.07) is 3.15. The smallest absolute Gasteiger partial charge is 0.351 e. The maximum Gasteiger partial charge on any atom is 0.351 e. The minimum atomic E-state index is -2.07. The molecule has 1 aromatic rings. The summed E-state index contributed by atoms with van der Waals surface area (Å²) in [5.41, 5.74) is 0.352. The molecular formula is C20H27NO10. The van der Waals surface area contributed by atoms with Gasteiger partial charge in [0.15, 0.2) is 17.5 Å². The molecule has 11 nitrogen and oxygen atoms in total. The van der Waals surface area contributed by atoms with E-state index in [9.17, 15) is 9.59 Å². The highest BCUT2D eigenvalue weighted by Crippen LogP contribution is 2.38. The molecule has 0 atom stereocenters. The number of benzene rings is 1. The van der Waals surface area contributed by atoms with Crippen molar-refractivity contribution in [1.82, 2.24) is 0 Å². The molecule has 1 aliphatic heterocycles. The van der Waals surface area contributed by atoms with Crippen LogP contribution in [0.2, 0.25) is 0 Å². The molecule has 1 saturated heterocycles. The molecule has 0 aliphatic carbocycles. The van der Waals surface area contributed by atoms with E-state index < -0.39 is 17.9 Å². The number of piperidine rings is 1. The number of rotatable bonds is 8. The second-order valence-corrected chi connectivity index (χ2v) is 6.53. The molecule has 1 aromatic carbocycles. The van der Waals surface area contributed by atoms with Crippen LogP contribution in [0.15, 0.2) is 12.1 Å². The van der Waals surface area contributed by atoms with Crippen LogP contribution in [0.3, 0.4) is 0 Å². The monoisotopic (exact) mass is 441 g/mol. The Morgan fingerprint density at radius 2 is 1.55 bits per heavy atom. The largest absolute Gasteiger partial charge is 0.539 e. The number of nitrogens with one attached hydrogen (secondary N) is 1. The van der Waals surface area contributed by atoms with E-state index >= 15 is 0 Å². The van der Waals surface area contributed by atoms with Gasteiger partial charge < -0.3 is 38.9 Å². The van der Waals surface area contributed by atoms with Gasteiger partial charge in [-0.05, 0) is 12.1 Å². The first kappa shape index (κ1) is 25.7. The van der Waals surface area contributed by atoms with Gasteiger partial charge in [0, 0.05) is 6.42 Å². The van der Waals surface area contributed by atoms with Gasteiger partial charge in [0.05, 0.1) is 66.0 Å². The zero-order valence-electron chi connectivity index (χ0n) is 17.7. The number of likely N-dealkylation sites (tertiary alicyclic amines) is 1. The van der Waals surface area contributed by atoms with Crippen molar-refractivity contribution < 1.29 is 53.2 Å². The number of Topliss-reactive ketones (excluding diaryl/α,β-unsaturated/α-hetero) is 1. The number of methoxy groups -OCH3 is 3. The second kappa shape index (κ2) is 13.1. The summed E-state index contributed by atoms with van der Waals surface area (Å²) in [5, 5.41) is 16.3. The van der Waals surface area contributed by atoms with Gasteiger partial charge in [0.1, 0.15) is 5.78 Å². The molecule has 0 spiro atoms. The second-order valence-electron chi connectivity index (χ2n) is 6.53. The van der Waals surface area contributed by atoms with Gasteiger partial charge in [0.2, 0.25) is 5.75 Å². The van der Waals surface area contributed by atoms with E-state index in [1.54, 1.807) is 12.1 Å². The first-order chi connectivity index (χ1) is 14.7. The number of quaternary nitrogens is 1. The van der Waals surface area contributed by atoms with E-state index in [4.69, 9.17) is 38.7 Å². The standard InChI is InChI=1S/C18H25NO6.C2H2O4/c1-22-15-11-13(12-16(23-2)17(15)24-3)18(21)25-10-4-7-19-8-5-14(20)6-9-19;3-1(4)2(5)6/h11-12H,4-10H2,1-3H3;(H,3,4)(H,5,6). The first-order valence-electron chi connectivity index (χ1n) is 9.50. The Hall–Kier alpha value is -3.34. The predicted octanol–water partition coefficient (Wildman–Crippen LogP) is -1.67. The van der Waals surface area contributed by atoms with E-state index in [0.29, 0.717) is 48.0 Å².